The van der Waals surface area contributed by atoms with Crippen LogP contribution < -0.4 is 0 Å². The quantitative estimate of drug-likeness (QED) is 0.724. The van der Waals surface area contributed by atoms with E-state index < -0.39 is 10.0 Å². The van der Waals surface area contributed by atoms with Crippen LogP contribution in [0.4, 0.5) is 0 Å². The van der Waals surface area contributed by atoms with Crippen molar-refractivity contribution in [2.45, 2.75) is 24.8 Å². The summed E-state index contributed by atoms with van der Waals surface area (Å²) in [5.41, 5.74) is 2.23. The summed E-state index contributed by atoms with van der Waals surface area (Å²) < 4.78 is 26.1. The number of halogens is 1. The predicted molar refractivity (Wildman–Crippen MR) is 104 cm³/mol. The Labute approximate surface area is 160 Å². The van der Waals surface area contributed by atoms with Crippen LogP contribution >= 0.6 is 11.6 Å². The Bertz CT molecular complexity index is 849. The van der Waals surface area contributed by atoms with Crippen LogP contribution in [-0.2, 0) is 27.8 Å². The van der Waals surface area contributed by atoms with Crippen LogP contribution in [0.3, 0.4) is 0 Å². The van der Waals surface area contributed by atoms with E-state index in [0.717, 1.165) is 16.3 Å². The zero-order valence-electron chi connectivity index (χ0n) is 15.1. The number of rotatable bonds is 7. The topological polar surface area (TPSA) is 57.7 Å². The SMILES string of the molecule is CCc1ccc(CN(C)C(=O)CN(C)S(=O)(=O)c2ccc(Cl)cc2)cc1. The molecule has 0 aliphatic rings. The Balaban J connectivity index is 2.01. The largest absolute Gasteiger partial charge is 0.340 e. The van der Waals surface area contributed by atoms with Crippen molar-refractivity contribution >= 4 is 27.5 Å². The molecule has 0 fully saturated rings. The lowest BCUT2D eigenvalue weighted by atomic mass is 10.1. The van der Waals surface area contributed by atoms with Crippen molar-refractivity contribution in [2.24, 2.45) is 0 Å². The number of nitrogens with zero attached hydrogens (tertiary/aromatic N) is 2. The Kier molecular flexibility index (Phi) is 6.81. The zero-order chi connectivity index (χ0) is 19.3. The van der Waals surface area contributed by atoms with Crippen molar-refractivity contribution < 1.29 is 13.2 Å². The minimum Gasteiger partial charge on any atom is -0.340 e. The Morgan fingerprint density at radius 1 is 0.962 bits per heavy atom. The lowest BCUT2D eigenvalue weighted by molar-refractivity contribution is -0.130. The van der Waals surface area contributed by atoms with Gasteiger partial charge in [0.05, 0.1) is 11.4 Å². The Hall–Kier alpha value is -1.89. The minimum atomic E-state index is -3.74. The molecule has 0 aromatic heterocycles. The molecule has 2 aromatic rings. The second kappa shape index (κ2) is 8.66. The van der Waals surface area contributed by atoms with Crippen LogP contribution in [0.25, 0.3) is 0 Å². The molecule has 140 valence electrons. The van der Waals surface area contributed by atoms with Gasteiger partial charge < -0.3 is 4.90 Å². The maximum absolute atomic E-state index is 12.5. The number of likely N-dealkylation sites (N-methyl/N-ethyl adjacent to an activating group) is 2. The molecule has 0 N–H and O–H groups in total. The van der Waals surface area contributed by atoms with Crippen LogP contribution in [0.1, 0.15) is 18.1 Å². The van der Waals surface area contributed by atoms with Gasteiger partial charge in [-0.25, -0.2) is 8.42 Å². The van der Waals surface area contributed by atoms with Crippen LogP contribution in [0.2, 0.25) is 5.02 Å². The number of aryl methyl sites for hydroxylation is 1. The first-order valence-electron chi connectivity index (χ1n) is 8.27. The Morgan fingerprint density at radius 3 is 2.04 bits per heavy atom. The van der Waals surface area contributed by atoms with E-state index in [0.29, 0.717) is 11.6 Å². The summed E-state index contributed by atoms with van der Waals surface area (Å²) >= 11 is 5.79. The van der Waals surface area contributed by atoms with E-state index in [1.54, 1.807) is 7.05 Å². The van der Waals surface area contributed by atoms with Crippen molar-refractivity contribution in [3.63, 3.8) is 0 Å². The summed E-state index contributed by atoms with van der Waals surface area (Å²) in [4.78, 5) is 14.0. The number of benzene rings is 2. The molecule has 26 heavy (non-hydrogen) atoms. The molecule has 0 unspecified atom stereocenters. The lowest BCUT2D eigenvalue weighted by Gasteiger charge is -2.22. The van der Waals surface area contributed by atoms with Gasteiger partial charge in [-0.15, -0.1) is 0 Å². The summed E-state index contributed by atoms with van der Waals surface area (Å²) in [6.45, 7) is 2.29. The highest BCUT2D eigenvalue weighted by Crippen LogP contribution is 2.17. The molecule has 0 heterocycles. The summed E-state index contributed by atoms with van der Waals surface area (Å²) in [7, 11) is -0.679. The van der Waals surface area contributed by atoms with Crippen LogP contribution in [-0.4, -0.2) is 44.2 Å². The summed E-state index contributed by atoms with van der Waals surface area (Å²) in [5.74, 6) is -0.274. The van der Waals surface area contributed by atoms with Gasteiger partial charge in [0.2, 0.25) is 15.9 Å². The molecule has 0 radical (unpaired) electrons. The molecule has 0 spiro atoms. The second-order valence-electron chi connectivity index (χ2n) is 6.13. The number of hydrogen-bond acceptors (Lipinski definition) is 3. The predicted octanol–water partition coefficient (Wildman–Crippen LogP) is 3.18. The number of sulfonamides is 1. The first-order chi connectivity index (χ1) is 12.2. The standard InChI is InChI=1S/C19H23ClN2O3S/c1-4-15-5-7-16(8-6-15)13-21(2)19(23)14-22(3)26(24,25)18-11-9-17(20)10-12-18/h5-12H,4,13-14H2,1-3H3. The molecule has 0 aliphatic carbocycles. The third kappa shape index (κ3) is 5.06. The average molecular weight is 395 g/mol. The molecular formula is C19H23ClN2O3S. The number of carbonyl (C=O) groups is 1. The third-order valence-corrected chi connectivity index (χ3v) is 6.23. The van der Waals surface area contributed by atoms with E-state index in [1.165, 1.54) is 41.8 Å². The van der Waals surface area contributed by atoms with Gasteiger partial charge in [-0.2, -0.15) is 4.31 Å². The molecule has 0 saturated heterocycles. The van der Waals surface area contributed by atoms with E-state index >= 15 is 0 Å². The monoisotopic (exact) mass is 394 g/mol. The van der Waals surface area contributed by atoms with Crippen LogP contribution in [0, 0.1) is 0 Å². The fourth-order valence-corrected chi connectivity index (χ4v) is 3.67. The molecule has 2 rings (SSSR count). The zero-order valence-corrected chi connectivity index (χ0v) is 16.7. The molecule has 0 saturated carbocycles. The normalized spacial score (nSPS) is 11.6. The third-order valence-electron chi connectivity index (χ3n) is 4.16. The molecule has 0 atom stereocenters. The first-order valence-corrected chi connectivity index (χ1v) is 10.1. The van der Waals surface area contributed by atoms with Gasteiger partial charge in [0.15, 0.2) is 0 Å². The van der Waals surface area contributed by atoms with Gasteiger partial charge in [0, 0.05) is 25.7 Å². The highest BCUT2D eigenvalue weighted by molar-refractivity contribution is 7.89. The first kappa shape index (κ1) is 20.4. The van der Waals surface area contributed by atoms with Crippen molar-refractivity contribution in [1.29, 1.82) is 0 Å². The number of amides is 1. The van der Waals surface area contributed by atoms with Gasteiger partial charge >= 0.3 is 0 Å². The molecule has 2 aromatic carbocycles. The van der Waals surface area contributed by atoms with Crippen molar-refractivity contribution in [1.82, 2.24) is 9.21 Å². The fourth-order valence-electron chi connectivity index (χ4n) is 2.43. The van der Waals surface area contributed by atoms with Gasteiger partial charge in [-0.1, -0.05) is 42.8 Å². The number of carbonyl (C=O) groups excluding carboxylic acids is 1. The summed E-state index contributed by atoms with van der Waals surface area (Å²) in [5, 5.41) is 0.455. The van der Waals surface area contributed by atoms with Gasteiger partial charge in [-0.3, -0.25) is 4.79 Å². The van der Waals surface area contributed by atoms with Crippen molar-refractivity contribution in [3.8, 4) is 0 Å². The molecule has 5 nitrogen and oxygen atoms in total. The van der Waals surface area contributed by atoms with Gasteiger partial charge in [-0.05, 0) is 41.8 Å². The molecular weight excluding hydrogens is 372 g/mol. The average Bonchev–Trinajstić information content (AvgIpc) is 2.62. The maximum atomic E-state index is 12.5. The van der Waals surface area contributed by atoms with Crippen LogP contribution in [0.15, 0.2) is 53.4 Å². The highest BCUT2D eigenvalue weighted by atomic mass is 35.5. The smallest absolute Gasteiger partial charge is 0.243 e. The summed E-state index contributed by atoms with van der Waals surface area (Å²) in [6.07, 6.45) is 0.961. The highest BCUT2D eigenvalue weighted by Gasteiger charge is 2.24. The molecule has 0 aliphatic heterocycles. The van der Waals surface area contributed by atoms with E-state index in [4.69, 9.17) is 11.6 Å². The maximum Gasteiger partial charge on any atom is 0.243 e. The lowest BCUT2D eigenvalue weighted by Crippen LogP contribution is -2.39. The molecule has 7 heteroatoms. The second-order valence-corrected chi connectivity index (χ2v) is 8.62. The van der Waals surface area contributed by atoms with Crippen LogP contribution in [0.5, 0.6) is 0 Å². The van der Waals surface area contributed by atoms with Crippen molar-refractivity contribution in [2.75, 3.05) is 20.6 Å². The molecule has 0 bridgehead atoms. The van der Waals surface area contributed by atoms with Gasteiger partial charge in [0.1, 0.15) is 0 Å². The minimum absolute atomic E-state index is 0.106. The van der Waals surface area contributed by atoms with E-state index in [2.05, 4.69) is 6.92 Å². The summed E-state index contributed by atoms with van der Waals surface area (Å²) in [6, 6.07) is 13.9. The fraction of sp³-hybridized carbons (Fsp3) is 0.316. The Morgan fingerprint density at radius 2 is 1.50 bits per heavy atom. The number of hydrogen-bond donors (Lipinski definition) is 0. The molecule has 1 amide bonds. The van der Waals surface area contributed by atoms with Crippen molar-refractivity contribution in [3.05, 3.63) is 64.7 Å². The van der Waals surface area contributed by atoms with E-state index in [-0.39, 0.29) is 17.3 Å². The van der Waals surface area contributed by atoms with E-state index in [1.807, 2.05) is 24.3 Å². The van der Waals surface area contributed by atoms with E-state index in [9.17, 15) is 13.2 Å². The van der Waals surface area contributed by atoms with Gasteiger partial charge in [0.25, 0.3) is 0 Å².